The molecule has 6 nitrogen and oxygen atoms in total. The summed E-state index contributed by atoms with van der Waals surface area (Å²) >= 11 is 0.973. The summed E-state index contributed by atoms with van der Waals surface area (Å²) in [5, 5.41) is 0.748. The van der Waals surface area contributed by atoms with E-state index in [0.717, 1.165) is 52.5 Å². The average Bonchev–Trinajstić information content (AvgIpc) is 3.38. The quantitative estimate of drug-likeness (QED) is 0.201. The number of fused-ring (bicyclic) bond motifs is 1. The molecule has 0 bridgehead atoms. The van der Waals surface area contributed by atoms with Gasteiger partial charge in [-0.3, -0.25) is 9.59 Å². The Kier molecular flexibility index (Phi) is 6.82. The molecule has 0 atom stereocenters. The number of aromatic nitrogens is 1. The molecule has 3 aromatic carbocycles. The zero-order valence-electron chi connectivity index (χ0n) is 20.1. The number of carbonyl (C=O) groups excluding carboxylic acids is 2. The van der Waals surface area contributed by atoms with Gasteiger partial charge in [-0.1, -0.05) is 48.0 Å². The Morgan fingerprint density at radius 1 is 0.917 bits per heavy atom. The molecule has 0 spiro atoms. The Hall–Kier alpha value is -3.97. The van der Waals surface area contributed by atoms with Crippen molar-refractivity contribution in [2.24, 2.45) is 0 Å². The first-order valence-electron chi connectivity index (χ1n) is 11.7. The maximum absolute atomic E-state index is 13.1. The molecule has 1 aromatic heterocycles. The lowest BCUT2D eigenvalue weighted by Crippen LogP contribution is -2.27. The monoisotopic (exact) mass is 498 g/mol. The van der Waals surface area contributed by atoms with Crippen molar-refractivity contribution >= 4 is 45.6 Å². The number of nitrogens with zero attached hydrogens (tertiary/aromatic N) is 2. The highest BCUT2D eigenvalue weighted by molar-refractivity contribution is 8.19. The molecule has 0 saturated carbocycles. The van der Waals surface area contributed by atoms with Gasteiger partial charge in [-0.05, 0) is 61.5 Å². The standard InChI is InChI=1S/C29H26N2O4S/c1-20-12-14-22(15-13-20)31-28(32)27(36-29(31)33)18-21-19-30(24-9-4-3-8-23(21)24)16-7-17-35-26-11-6-5-10-25(26)34-2/h3-6,8-15,18-19H,7,16-17H2,1-2H3/b27-18-. The van der Waals surface area contributed by atoms with Gasteiger partial charge in [0.25, 0.3) is 11.1 Å². The van der Waals surface area contributed by atoms with Gasteiger partial charge in [-0.15, -0.1) is 0 Å². The predicted molar refractivity (Wildman–Crippen MR) is 145 cm³/mol. The van der Waals surface area contributed by atoms with Crippen molar-refractivity contribution in [2.45, 2.75) is 19.9 Å². The summed E-state index contributed by atoms with van der Waals surface area (Å²) in [6, 6.07) is 23.1. The van der Waals surface area contributed by atoms with Crippen molar-refractivity contribution in [1.82, 2.24) is 4.57 Å². The number of ether oxygens (including phenoxy) is 2. The number of carbonyl (C=O) groups is 2. The van der Waals surface area contributed by atoms with Crippen LogP contribution in [0.1, 0.15) is 17.5 Å². The first kappa shape index (κ1) is 23.8. The second kappa shape index (κ2) is 10.3. The van der Waals surface area contributed by atoms with E-state index in [0.29, 0.717) is 22.9 Å². The van der Waals surface area contributed by atoms with E-state index in [1.54, 1.807) is 19.2 Å². The van der Waals surface area contributed by atoms with Crippen LogP contribution in [0.4, 0.5) is 10.5 Å². The SMILES string of the molecule is COc1ccccc1OCCCn1cc(/C=C2\SC(=O)N(c3ccc(C)cc3)C2=O)c2ccccc21. The number of anilines is 1. The zero-order chi connectivity index (χ0) is 25.1. The van der Waals surface area contributed by atoms with Gasteiger partial charge >= 0.3 is 0 Å². The van der Waals surface area contributed by atoms with Crippen molar-refractivity contribution in [3.8, 4) is 11.5 Å². The van der Waals surface area contributed by atoms with Crippen LogP contribution in [0.25, 0.3) is 17.0 Å². The minimum atomic E-state index is -0.295. The van der Waals surface area contributed by atoms with Gasteiger partial charge in [0.05, 0.1) is 24.3 Å². The Morgan fingerprint density at radius 3 is 2.42 bits per heavy atom. The fourth-order valence-corrected chi connectivity index (χ4v) is 5.09. The zero-order valence-corrected chi connectivity index (χ0v) is 21.0. The van der Waals surface area contributed by atoms with Crippen LogP contribution < -0.4 is 14.4 Å². The minimum Gasteiger partial charge on any atom is -0.493 e. The number of thioether (sulfide) groups is 1. The maximum Gasteiger partial charge on any atom is 0.298 e. The van der Waals surface area contributed by atoms with E-state index in [2.05, 4.69) is 10.6 Å². The topological polar surface area (TPSA) is 60.8 Å². The molecule has 2 amide bonds. The molecule has 1 saturated heterocycles. The number of para-hydroxylation sites is 3. The molecule has 2 heterocycles. The van der Waals surface area contributed by atoms with Crippen LogP contribution in [-0.2, 0) is 11.3 Å². The van der Waals surface area contributed by atoms with Crippen LogP contribution in [0.15, 0.2) is 83.9 Å². The van der Waals surface area contributed by atoms with E-state index < -0.39 is 0 Å². The summed E-state index contributed by atoms with van der Waals surface area (Å²) in [5.41, 5.74) is 3.64. The summed E-state index contributed by atoms with van der Waals surface area (Å²) < 4.78 is 13.4. The Balaban J connectivity index is 1.34. The van der Waals surface area contributed by atoms with Crippen LogP contribution in [0.5, 0.6) is 11.5 Å². The summed E-state index contributed by atoms with van der Waals surface area (Å²) in [4.78, 5) is 27.5. The number of aryl methyl sites for hydroxylation is 2. The molecule has 1 aliphatic rings. The molecule has 7 heteroatoms. The molecule has 0 radical (unpaired) electrons. The van der Waals surface area contributed by atoms with Crippen molar-refractivity contribution in [3.63, 3.8) is 0 Å². The average molecular weight is 499 g/mol. The van der Waals surface area contributed by atoms with Gasteiger partial charge in [-0.2, -0.15) is 0 Å². The molecule has 0 unspecified atom stereocenters. The van der Waals surface area contributed by atoms with Crippen LogP contribution >= 0.6 is 11.8 Å². The fraction of sp³-hybridized carbons (Fsp3) is 0.172. The van der Waals surface area contributed by atoms with Gasteiger partial charge in [0.1, 0.15) is 0 Å². The molecular formula is C29H26N2O4S. The van der Waals surface area contributed by atoms with E-state index in [4.69, 9.17) is 9.47 Å². The van der Waals surface area contributed by atoms with E-state index in [-0.39, 0.29) is 11.1 Å². The third-order valence-electron chi connectivity index (χ3n) is 6.06. The van der Waals surface area contributed by atoms with Crippen molar-refractivity contribution in [1.29, 1.82) is 0 Å². The highest BCUT2D eigenvalue weighted by Gasteiger charge is 2.36. The number of hydrogen-bond donors (Lipinski definition) is 0. The molecule has 1 aliphatic heterocycles. The van der Waals surface area contributed by atoms with Crippen molar-refractivity contribution < 1.29 is 19.1 Å². The smallest absolute Gasteiger partial charge is 0.298 e. The van der Waals surface area contributed by atoms with Crippen molar-refractivity contribution in [3.05, 3.63) is 95.0 Å². The molecule has 182 valence electrons. The summed E-state index contributed by atoms with van der Waals surface area (Å²) in [6.07, 6.45) is 4.65. The van der Waals surface area contributed by atoms with Gasteiger partial charge in [0, 0.05) is 29.2 Å². The summed E-state index contributed by atoms with van der Waals surface area (Å²) in [5.74, 6) is 1.14. The third kappa shape index (κ3) is 4.75. The van der Waals surface area contributed by atoms with Gasteiger partial charge in [0.2, 0.25) is 0 Å². The second-order valence-corrected chi connectivity index (χ2v) is 9.49. The number of benzene rings is 3. The predicted octanol–water partition coefficient (Wildman–Crippen LogP) is 6.67. The van der Waals surface area contributed by atoms with E-state index in [9.17, 15) is 9.59 Å². The van der Waals surface area contributed by atoms with Crippen LogP contribution in [-0.4, -0.2) is 29.4 Å². The van der Waals surface area contributed by atoms with E-state index >= 15 is 0 Å². The highest BCUT2D eigenvalue weighted by Crippen LogP contribution is 2.37. The number of rotatable bonds is 8. The van der Waals surface area contributed by atoms with Gasteiger partial charge < -0.3 is 14.0 Å². The molecule has 1 fully saturated rings. The normalized spacial score (nSPS) is 14.7. The van der Waals surface area contributed by atoms with Gasteiger partial charge in [0.15, 0.2) is 11.5 Å². The number of methoxy groups -OCH3 is 1. The molecule has 36 heavy (non-hydrogen) atoms. The Morgan fingerprint density at radius 2 is 1.64 bits per heavy atom. The first-order valence-corrected chi connectivity index (χ1v) is 12.5. The Labute approximate surface area is 214 Å². The fourth-order valence-electron chi connectivity index (χ4n) is 4.26. The van der Waals surface area contributed by atoms with E-state index in [1.807, 2.05) is 73.8 Å². The molecule has 5 rings (SSSR count). The lowest BCUT2D eigenvalue weighted by Gasteiger charge is -2.12. The Bertz CT molecular complexity index is 1460. The van der Waals surface area contributed by atoms with E-state index in [1.165, 1.54) is 4.90 Å². The van der Waals surface area contributed by atoms with Crippen LogP contribution in [0.3, 0.4) is 0 Å². The lowest BCUT2D eigenvalue weighted by molar-refractivity contribution is -0.113. The number of hydrogen-bond acceptors (Lipinski definition) is 5. The first-order chi connectivity index (χ1) is 17.5. The lowest BCUT2D eigenvalue weighted by atomic mass is 10.1. The number of amides is 2. The molecule has 4 aromatic rings. The van der Waals surface area contributed by atoms with Crippen molar-refractivity contribution in [2.75, 3.05) is 18.6 Å². The van der Waals surface area contributed by atoms with Crippen LogP contribution in [0.2, 0.25) is 0 Å². The third-order valence-corrected chi connectivity index (χ3v) is 6.93. The second-order valence-electron chi connectivity index (χ2n) is 8.50. The highest BCUT2D eigenvalue weighted by atomic mass is 32.2. The molecular weight excluding hydrogens is 472 g/mol. The van der Waals surface area contributed by atoms with Crippen LogP contribution in [0, 0.1) is 6.92 Å². The number of imide groups is 1. The summed E-state index contributed by atoms with van der Waals surface area (Å²) in [6.45, 7) is 3.25. The largest absolute Gasteiger partial charge is 0.493 e. The molecule has 0 aliphatic carbocycles. The minimum absolute atomic E-state index is 0.285. The summed E-state index contributed by atoms with van der Waals surface area (Å²) in [7, 11) is 1.63. The molecule has 0 N–H and O–H groups in total. The maximum atomic E-state index is 13.1. The van der Waals surface area contributed by atoms with Gasteiger partial charge in [-0.25, -0.2) is 4.90 Å².